The third-order valence-electron chi connectivity index (χ3n) is 4.88. The number of nitrogens with zero attached hydrogens (tertiary/aromatic N) is 2. The molecule has 0 saturated heterocycles. The summed E-state index contributed by atoms with van der Waals surface area (Å²) in [5.74, 6) is -0.0441. The zero-order valence-electron chi connectivity index (χ0n) is 18.1. The molecule has 30 heavy (non-hydrogen) atoms. The van der Waals surface area contributed by atoms with Crippen molar-refractivity contribution in [1.29, 1.82) is 0 Å². The van der Waals surface area contributed by atoms with Crippen LogP contribution in [0.15, 0.2) is 36.4 Å². The van der Waals surface area contributed by atoms with Crippen molar-refractivity contribution in [2.45, 2.75) is 26.3 Å². The van der Waals surface area contributed by atoms with E-state index in [2.05, 4.69) is 24.4 Å². The predicted octanol–water partition coefficient (Wildman–Crippen LogP) is 3.60. The summed E-state index contributed by atoms with van der Waals surface area (Å²) in [6, 6.07) is 10.7. The van der Waals surface area contributed by atoms with E-state index in [1.54, 1.807) is 6.92 Å². The first-order valence-corrected chi connectivity index (χ1v) is 9.84. The smallest absolute Gasteiger partial charge is 0.286 e. The second-order valence-electron chi connectivity index (χ2n) is 6.99. The molecule has 0 bridgehead atoms. The SMILES string of the molecule is CCOc1cc([N+](=O)[O-])c(C(=O)NCC(c2ccc(CC)cc2)N(C)C)cc1OC. The Kier molecular flexibility index (Phi) is 8.17. The number of amides is 1. The van der Waals surface area contributed by atoms with Crippen molar-refractivity contribution >= 4 is 11.6 Å². The van der Waals surface area contributed by atoms with Crippen molar-refractivity contribution in [3.05, 3.63) is 63.2 Å². The highest BCUT2D eigenvalue weighted by Crippen LogP contribution is 2.34. The summed E-state index contributed by atoms with van der Waals surface area (Å²) in [5.41, 5.74) is 1.89. The van der Waals surface area contributed by atoms with Gasteiger partial charge in [0.05, 0.1) is 30.7 Å². The highest BCUT2D eigenvalue weighted by Gasteiger charge is 2.25. The van der Waals surface area contributed by atoms with E-state index in [0.717, 1.165) is 12.0 Å². The van der Waals surface area contributed by atoms with Crippen molar-refractivity contribution < 1.29 is 19.2 Å². The molecule has 8 heteroatoms. The Morgan fingerprint density at radius 2 is 1.83 bits per heavy atom. The predicted molar refractivity (Wildman–Crippen MR) is 115 cm³/mol. The van der Waals surface area contributed by atoms with Crippen LogP contribution in [0.4, 0.5) is 5.69 Å². The molecule has 1 atom stereocenters. The molecular formula is C22H29N3O5. The fraction of sp³-hybridized carbons (Fsp3) is 0.409. The Labute approximate surface area is 176 Å². The number of benzene rings is 2. The lowest BCUT2D eigenvalue weighted by atomic mass is 10.0. The van der Waals surface area contributed by atoms with Gasteiger partial charge in [0.15, 0.2) is 11.5 Å². The van der Waals surface area contributed by atoms with Crippen LogP contribution in [0, 0.1) is 10.1 Å². The summed E-state index contributed by atoms with van der Waals surface area (Å²) < 4.78 is 10.6. The Hall–Kier alpha value is -3.13. The van der Waals surface area contributed by atoms with Gasteiger partial charge in [-0.15, -0.1) is 0 Å². The Morgan fingerprint density at radius 1 is 1.17 bits per heavy atom. The van der Waals surface area contributed by atoms with Gasteiger partial charge in [0, 0.05) is 12.6 Å². The van der Waals surface area contributed by atoms with E-state index in [1.807, 2.05) is 31.1 Å². The van der Waals surface area contributed by atoms with Crippen molar-refractivity contribution in [2.24, 2.45) is 0 Å². The van der Waals surface area contributed by atoms with Crippen LogP contribution >= 0.6 is 0 Å². The first-order chi connectivity index (χ1) is 14.3. The molecular weight excluding hydrogens is 386 g/mol. The monoisotopic (exact) mass is 415 g/mol. The quantitative estimate of drug-likeness (QED) is 0.471. The van der Waals surface area contributed by atoms with Gasteiger partial charge in [-0.3, -0.25) is 14.9 Å². The molecule has 2 rings (SSSR count). The minimum absolute atomic E-state index is 0.0702. The molecule has 2 aromatic carbocycles. The number of nitrogens with one attached hydrogen (secondary N) is 1. The van der Waals surface area contributed by atoms with Crippen molar-refractivity contribution in [3.8, 4) is 11.5 Å². The maximum atomic E-state index is 12.8. The molecule has 0 heterocycles. The second-order valence-corrected chi connectivity index (χ2v) is 6.99. The molecule has 0 radical (unpaired) electrons. The molecule has 0 aliphatic heterocycles. The highest BCUT2D eigenvalue weighted by atomic mass is 16.6. The van der Waals surface area contributed by atoms with Gasteiger partial charge in [-0.05, 0) is 38.6 Å². The first-order valence-electron chi connectivity index (χ1n) is 9.84. The first kappa shape index (κ1) is 23.2. The molecule has 1 amide bonds. The summed E-state index contributed by atoms with van der Waals surface area (Å²) in [7, 11) is 5.27. The molecule has 0 spiro atoms. The van der Waals surface area contributed by atoms with Crippen LogP contribution < -0.4 is 14.8 Å². The maximum Gasteiger partial charge on any atom is 0.286 e. The van der Waals surface area contributed by atoms with Crippen LogP contribution in [0.1, 0.15) is 41.4 Å². The molecule has 2 aromatic rings. The Morgan fingerprint density at radius 3 is 2.33 bits per heavy atom. The van der Waals surface area contributed by atoms with Gasteiger partial charge in [-0.1, -0.05) is 31.2 Å². The lowest BCUT2D eigenvalue weighted by molar-refractivity contribution is -0.385. The van der Waals surface area contributed by atoms with E-state index in [0.29, 0.717) is 13.2 Å². The summed E-state index contributed by atoms with van der Waals surface area (Å²) in [5, 5.41) is 14.4. The molecule has 0 aromatic heterocycles. The molecule has 0 aliphatic carbocycles. The number of hydrogen-bond acceptors (Lipinski definition) is 6. The largest absolute Gasteiger partial charge is 0.493 e. The number of nitro groups is 1. The van der Waals surface area contributed by atoms with E-state index in [4.69, 9.17) is 9.47 Å². The number of carbonyl (C=O) groups excluding carboxylic acids is 1. The minimum atomic E-state index is -0.593. The van der Waals surface area contributed by atoms with Crippen molar-refractivity contribution in [2.75, 3.05) is 34.4 Å². The van der Waals surface area contributed by atoms with Gasteiger partial charge in [0.1, 0.15) is 5.56 Å². The summed E-state index contributed by atoms with van der Waals surface area (Å²) >= 11 is 0. The van der Waals surface area contributed by atoms with Gasteiger partial charge in [0.25, 0.3) is 11.6 Å². The van der Waals surface area contributed by atoms with Crippen molar-refractivity contribution in [1.82, 2.24) is 10.2 Å². The number of hydrogen-bond donors (Lipinski definition) is 1. The third-order valence-corrected chi connectivity index (χ3v) is 4.88. The summed E-state index contributed by atoms with van der Waals surface area (Å²) in [6.07, 6.45) is 0.951. The molecule has 0 aliphatic rings. The van der Waals surface area contributed by atoms with Crippen LogP contribution in [0.2, 0.25) is 0 Å². The average molecular weight is 415 g/mol. The molecule has 162 valence electrons. The van der Waals surface area contributed by atoms with Crippen LogP contribution in [-0.4, -0.2) is 50.1 Å². The number of ether oxygens (including phenoxy) is 2. The Bertz CT molecular complexity index is 881. The summed E-state index contributed by atoms with van der Waals surface area (Å²) in [6.45, 7) is 4.47. The van der Waals surface area contributed by atoms with E-state index >= 15 is 0 Å². The Balaban J connectivity index is 2.27. The van der Waals surface area contributed by atoms with Gasteiger partial charge < -0.3 is 19.7 Å². The van der Waals surface area contributed by atoms with E-state index < -0.39 is 10.8 Å². The number of aryl methyl sites for hydroxylation is 1. The summed E-state index contributed by atoms with van der Waals surface area (Å²) in [4.78, 5) is 25.8. The van der Waals surface area contributed by atoms with Gasteiger partial charge in [0.2, 0.25) is 0 Å². The number of likely N-dealkylation sites (N-methyl/N-ethyl adjacent to an activating group) is 1. The number of carbonyl (C=O) groups is 1. The fourth-order valence-corrected chi connectivity index (χ4v) is 3.17. The third kappa shape index (κ3) is 5.48. The van der Waals surface area contributed by atoms with Crippen LogP contribution in [0.3, 0.4) is 0 Å². The van der Waals surface area contributed by atoms with Crippen LogP contribution in [0.25, 0.3) is 0 Å². The van der Waals surface area contributed by atoms with Gasteiger partial charge in [-0.25, -0.2) is 0 Å². The normalized spacial score (nSPS) is 11.8. The zero-order valence-corrected chi connectivity index (χ0v) is 18.1. The minimum Gasteiger partial charge on any atom is -0.493 e. The van der Waals surface area contributed by atoms with E-state index in [1.165, 1.54) is 24.8 Å². The maximum absolute atomic E-state index is 12.8. The molecule has 8 nitrogen and oxygen atoms in total. The number of rotatable bonds is 10. The zero-order chi connectivity index (χ0) is 22.3. The standard InChI is InChI=1S/C22H29N3O5/c1-6-15-8-10-16(11-9-15)19(24(3)4)14-23-22(26)17-12-20(29-5)21(30-7-2)13-18(17)25(27)28/h8-13,19H,6-7,14H2,1-5H3,(H,23,26). The molecule has 1 N–H and O–H groups in total. The van der Waals surface area contributed by atoms with Crippen LogP contribution in [-0.2, 0) is 6.42 Å². The van der Waals surface area contributed by atoms with Gasteiger partial charge in [-0.2, -0.15) is 0 Å². The molecule has 0 fully saturated rings. The lowest BCUT2D eigenvalue weighted by Gasteiger charge is -2.25. The van der Waals surface area contributed by atoms with Crippen LogP contribution in [0.5, 0.6) is 11.5 Å². The molecule has 1 unspecified atom stereocenters. The fourth-order valence-electron chi connectivity index (χ4n) is 3.17. The van der Waals surface area contributed by atoms with E-state index in [-0.39, 0.29) is 28.8 Å². The van der Waals surface area contributed by atoms with Gasteiger partial charge >= 0.3 is 0 Å². The van der Waals surface area contributed by atoms with Crippen molar-refractivity contribution in [3.63, 3.8) is 0 Å². The topological polar surface area (TPSA) is 93.9 Å². The van der Waals surface area contributed by atoms with E-state index in [9.17, 15) is 14.9 Å². The highest BCUT2D eigenvalue weighted by molar-refractivity contribution is 5.99. The second kappa shape index (κ2) is 10.6. The number of nitro benzene ring substituents is 1. The lowest BCUT2D eigenvalue weighted by Crippen LogP contribution is -2.34. The molecule has 0 saturated carbocycles. The average Bonchev–Trinajstić information content (AvgIpc) is 2.73. The number of methoxy groups -OCH3 is 1.